The van der Waals surface area contributed by atoms with Crippen molar-refractivity contribution >= 4 is 20.9 Å². The molecule has 1 aliphatic rings. The van der Waals surface area contributed by atoms with Gasteiger partial charge in [-0.1, -0.05) is 6.92 Å². The fourth-order valence-corrected chi connectivity index (χ4v) is 4.32. The van der Waals surface area contributed by atoms with Crippen molar-refractivity contribution in [3.05, 3.63) is 29.5 Å². The van der Waals surface area contributed by atoms with Crippen LogP contribution in [0.1, 0.15) is 44.4 Å². The molecule has 0 saturated carbocycles. The molecule has 2 aromatic rings. The zero-order chi connectivity index (χ0) is 15.0. The van der Waals surface area contributed by atoms with E-state index < -0.39 is 10.0 Å². The van der Waals surface area contributed by atoms with E-state index in [1.54, 1.807) is 6.07 Å². The Morgan fingerprint density at radius 2 is 2.05 bits per heavy atom. The third-order valence-electron chi connectivity index (χ3n) is 4.35. The van der Waals surface area contributed by atoms with E-state index in [0.29, 0.717) is 4.90 Å². The SMILES string of the molecule is CCC(C)NS(=O)(=O)c1ccc2[nH]c3c(c2c1)CCCC3. The van der Waals surface area contributed by atoms with Crippen LogP contribution in [0.5, 0.6) is 0 Å². The van der Waals surface area contributed by atoms with Crippen molar-refractivity contribution in [2.24, 2.45) is 0 Å². The molecule has 114 valence electrons. The van der Waals surface area contributed by atoms with E-state index >= 15 is 0 Å². The highest BCUT2D eigenvalue weighted by Gasteiger charge is 2.20. The summed E-state index contributed by atoms with van der Waals surface area (Å²) in [6.07, 6.45) is 5.28. The number of sulfonamides is 1. The molecule has 0 aliphatic heterocycles. The molecular weight excluding hydrogens is 284 g/mol. The molecular formula is C16H22N2O2S. The number of benzene rings is 1. The molecule has 0 fully saturated rings. The summed E-state index contributed by atoms with van der Waals surface area (Å²) in [5.74, 6) is 0. The number of aromatic amines is 1. The van der Waals surface area contributed by atoms with Crippen molar-refractivity contribution in [1.29, 1.82) is 0 Å². The minimum Gasteiger partial charge on any atom is -0.358 e. The maximum Gasteiger partial charge on any atom is 0.240 e. The Morgan fingerprint density at radius 3 is 2.81 bits per heavy atom. The minimum atomic E-state index is -3.43. The van der Waals surface area contributed by atoms with Crippen LogP contribution in [0.15, 0.2) is 23.1 Å². The molecule has 21 heavy (non-hydrogen) atoms. The van der Waals surface area contributed by atoms with Crippen molar-refractivity contribution in [2.75, 3.05) is 0 Å². The topological polar surface area (TPSA) is 62.0 Å². The third-order valence-corrected chi connectivity index (χ3v) is 5.94. The first-order valence-electron chi connectivity index (χ1n) is 7.67. The molecule has 1 unspecified atom stereocenters. The molecule has 4 nitrogen and oxygen atoms in total. The van der Waals surface area contributed by atoms with Crippen molar-refractivity contribution in [1.82, 2.24) is 9.71 Å². The average molecular weight is 306 g/mol. The molecule has 0 amide bonds. The molecule has 1 atom stereocenters. The molecule has 0 spiro atoms. The highest BCUT2D eigenvalue weighted by Crippen LogP contribution is 2.30. The Morgan fingerprint density at radius 1 is 1.29 bits per heavy atom. The molecule has 1 aliphatic carbocycles. The van der Waals surface area contributed by atoms with Crippen LogP contribution in [0.4, 0.5) is 0 Å². The Balaban J connectivity index is 2.04. The standard InChI is InChI=1S/C16H22N2O2S/c1-3-11(2)18-21(19,20)12-8-9-16-14(10-12)13-6-4-5-7-15(13)17-16/h8-11,17-18H,3-7H2,1-2H3. The van der Waals surface area contributed by atoms with Crippen LogP contribution in [0, 0.1) is 0 Å². The number of H-pyrrole nitrogens is 1. The molecule has 0 radical (unpaired) electrons. The molecule has 1 aromatic carbocycles. The normalized spacial score (nSPS) is 16.9. The first-order valence-corrected chi connectivity index (χ1v) is 9.15. The summed E-state index contributed by atoms with van der Waals surface area (Å²) in [5, 5.41) is 1.07. The average Bonchev–Trinajstić information content (AvgIpc) is 2.84. The van der Waals surface area contributed by atoms with E-state index in [2.05, 4.69) is 9.71 Å². The van der Waals surface area contributed by atoms with Gasteiger partial charge in [-0.25, -0.2) is 13.1 Å². The monoisotopic (exact) mass is 306 g/mol. The summed E-state index contributed by atoms with van der Waals surface area (Å²) in [4.78, 5) is 3.79. The van der Waals surface area contributed by atoms with E-state index in [1.807, 2.05) is 26.0 Å². The zero-order valence-corrected chi connectivity index (χ0v) is 13.4. The second-order valence-electron chi connectivity index (χ2n) is 5.93. The van der Waals surface area contributed by atoms with Crippen LogP contribution in [-0.4, -0.2) is 19.4 Å². The van der Waals surface area contributed by atoms with Crippen molar-refractivity contribution in [3.63, 3.8) is 0 Å². The van der Waals surface area contributed by atoms with Gasteiger partial charge in [0.2, 0.25) is 10.0 Å². The van der Waals surface area contributed by atoms with Gasteiger partial charge in [0.1, 0.15) is 0 Å². The Hall–Kier alpha value is -1.33. The lowest BCUT2D eigenvalue weighted by Gasteiger charge is -2.13. The summed E-state index contributed by atoms with van der Waals surface area (Å²) < 4.78 is 27.5. The van der Waals surface area contributed by atoms with Crippen LogP contribution < -0.4 is 4.72 Å². The number of hydrogen-bond donors (Lipinski definition) is 2. The lowest BCUT2D eigenvalue weighted by atomic mass is 9.96. The molecule has 3 rings (SSSR count). The largest absolute Gasteiger partial charge is 0.358 e. The Kier molecular flexibility index (Phi) is 3.80. The molecule has 1 aromatic heterocycles. The van der Waals surface area contributed by atoms with Gasteiger partial charge in [0, 0.05) is 22.6 Å². The minimum absolute atomic E-state index is 0.0502. The fraction of sp³-hybridized carbons (Fsp3) is 0.500. The van der Waals surface area contributed by atoms with Crippen LogP contribution in [0.25, 0.3) is 10.9 Å². The number of aromatic nitrogens is 1. The molecule has 2 N–H and O–H groups in total. The predicted molar refractivity (Wildman–Crippen MR) is 85.0 cm³/mol. The van der Waals surface area contributed by atoms with Crippen molar-refractivity contribution < 1.29 is 8.42 Å². The van der Waals surface area contributed by atoms with Crippen molar-refractivity contribution in [2.45, 2.75) is 56.9 Å². The van der Waals surface area contributed by atoms with Crippen LogP contribution in [0.2, 0.25) is 0 Å². The van der Waals surface area contributed by atoms with E-state index in [9.17, 15) is 8.42 Å². The number of rotatable bonds is 4. The van der Waals surface area contributed by atoms with Gasteiger partial charge in [-0.05, 0) is 62.8 Å². The highest BCUT2D eigenvalue weighted by molar-refractivity contribution is 7.89. The molecule has 0 bridgehead atoms. The van der Waals surface area contributed by atoms with E-state index in [1.165, 1.54) is 24.1 Å². The second-order valence-corrected chi connectivity index (χ2v) is 7.64. The van der Waals surface area contributed by atoms with Gasteiger partial charge < -0.3 is 4.98 Å². The smallest absolute Gasteiger partial charge is 0.240 e. The van der Waals surface area contributed by atoms with Gasteiger partial charge in [-0.2, -0.15) is 0 Å². The number of aryl methyl sites for hydroxylation is 2. The fourth-order valence-electron chi connectivity index (χ4n) is 2.97. The quantitative estimate of drug-likeness (QED) is 0.911. The zero-order valence-electron chi connectivity index (χ0n) is 12.6. The molecule has 0 saturated heterocycles. The van der Waals surface area contributed by atoms with E-state index in [4.69, 9.17) is 0 Å². The van der Waals surface area contributed by atoms with Gasteiger partial charge in [0.05, 0.1) is 4.90 Å². The van der Waals surface area contributed by atoms with Gasteiger partial charge in [0.15, 0.2) is 0 Å². The first kappa shape index (κ1) is 14.6. The molecule has 5 heteroatoms. The number of hydrogen-bond acceptors (Lipinski definition) is 2. The maximum atomic E-state index is 12.4. The van der Waals surface area contributed by atoms with Gasteiger partial charge in [0.25, 0.3) is 0 Å². The number of fused-ring (bicyclic) bond motifs is 3. The summed E-state index contributed by atoms with van der Waals surface area (Å²) in [6.45, 7) is 3.85. The van der Waals surface area contributed by atoms with Crippen molar-refractivity contribution in [3.8, 4) is 0 Å². The third kappa shape index (κ3) is 2.72. The first-order chi connectivity index (χ1) is 10.0. The van der Waals surface area contributed by atoms with E-state index in [0.717, 1.165) is 30.2 Å². The lowest BCUT2D eigenvalue weighted by Crippen LogP contribution is -2.31. The van der Waals surface area contributed by atoms with Gasteiger partial charge >= 0.3 is 0 Å². The van der Waals surface area contributed by atoms with E-state index in [-0.39, 0.29) is 6.04 Å². The summed E-state index contributed by atoms with van der Waals surface area (Å²) in [5.41, 5.74) is 3.63. The summed E-state index contributed by atoms with van der Waals surface area (Å²) in [6, 6.07) is 5.35. The van der Waals surface area contributed by atoms with Gasteiger partial charge in [-0.15, -0.1) is 0 Å². The second kappa shape index (κ2) is 5.46. The molecule has 1 heterocycles. The van der Waals surface area contributed by atoms with Crippen LogP contribution in [-0.2, 0) is 22.9 Å². The van der Waals surface area contributed by atoms with Crippen LogP contribution in [0.3, 0.4) is 0 Å². The Labute approximate surface area is 126 Å². The number of nitrogens with one attached hydrogen (secondary N) is 2. The van der Waals surface area contributed by atoms with Crippen LogP contribution >= 0.6 is 0 Å². The summed E-state index contributed by atoms with van der Waals surface area (Å²) >= 11 is 0. The predicted octanol–water partition coefficient (Wildman–Crippen LogP) is 3.12. The van der Waals surface area contributed by atoms with Gasteiger partial charge in [-0.3, -0.25) is 0 Å². The highest BCUT2D eigenvalue weighted by atomic mass is 32.2. The maximum absolute atomic E-state index is 12.4. The lowest BCUT2D eigenvalue weighted by molar-refractivity contribution is 0.556. The summed E-state index contributed by atoms with van der Waals surface area (Å²) in [7, 11) is -3.43. The Bertz CT molecular complexity index is 762.